The van der Waals surface area contributed by atoms with E-state index in [-0.39, 0.29) is 5.97 Å². The second-order valence-corrected chi connectivity index (χ2v) is 6.50. The number of hydrogen-bond acceptors (Lipinski definition) is 4. The van der Waals surface area contributed by atoms with Gasteiger partial charge < -0.3 is 15.2 Å². The molecule has 0 aliphatic carbocycles. The predicted octanol–water partition coefficient (Wildman–Crippen LogP) is 4.04. The zero-order chi connectivity index (χ0) is 18.6. The number of carbonyl (C=O) groups excluding carboxylic acids is 1. The maximum absolute atomic E-state index is 11.1. The van der Waals surface area contributed by atoms with Gasteiger partial charge in [0, 0.05) is 13.5 Å². The minimum atomic E-state index is -0.450. The highest BCUT2D eigenvalue weighted by molar-refractivity contribution is 5.69. The van der Waals surface area contributed by atoms with E-state index >= 15 is 0 Å². The lowest BCUT2D eigenvalue weighted by molar-refractivity contribution is -0.131. The maximum atomic E-state index is 11.1. The van der Waals surface area contributed by atoms with E-state index in [2.05, 4.69) is 5.32 Å². The smallest absolute Gasteiger partial charge is 0.308 e. The van der Waals surface area contributed by atoms with Crippen molar-refractivity contribution < 1.29 is 14.6 Å². The van der Waals surface area contributed by atoms with Crippen LogP contribution in [-0.2, 0) is 11.2 Å². The van der Waals surface area contributed by atoms with Crippen molar-refractivity contribution in [3.63, 3.8) is 0 Å². The van der Waals surface area contributed by atoms with Crippen LogP contribution in [0.2, 0.25) is 0 Å². The van der Waals surface area contributed by atoms with E-state index in [9.17, 15) is 9.90 Å². The summed E-state index contributed by atoms with van der Waals surface area (Å²) in [4.78, 5) is 11.1. The first-order valence-corrected chi connectivity index (χ1v) is 9.37. The number of carbonyl (C=O) groups is 1. The number of aryl methyl sites for hydroxylation is 1. The van der Waals surface area contributed by atoms with Gasteiger partial charge in [0.05, 0.1) is 6.10 Å². The summed E-state index contributed by atoms with van der Waals surface area (Å²) in [7, 11) is 0. The summed E-state index contributed by atoms with van der Waals surface area (Å²) in [6, 6.07) is 17.5. The van der Waals surface area contributed by atoms with Crippen molar-refractivity contribution in [3.8, 4) is 5.75 Å². The standard InChI is InChI=1S/C22H29NO3/c1-18(24)26-22-15-9-8-14-20(22)13-5-2-3-10-16-23-17-21(25)19-11-6-4-7-12-19/h4,6-9,11-12,14-15,21,23,25H,2-3,5,10,13,16-17H2,1H3. The molecule has 2 aromatic rings. The summed E-state index contributed by atoms with van der Waals surface area (Å²) in [5.74, 6) is 0.401. The predicted molar refractivity (Wildman–Crippen MR) is 104 cm³/mol. The lowest BCUT2D eigenvalue weighted by atomic mass is 10.1. The van der Waals surface area contributed by atoms with E-state index in [0.29, 0.717) is 12.3 Å². The monoisotopic (exact) mass is 355 g/mol. The van der Waals surface area contributed by atoms with Crippen LogP contribution in [0, 0.1) is 0 Å². The summed E-state index contributed by atoms with van der Waals surface area (Å²) in [6.45, 7) is 2.92. The lowest BCUT2D eigenvalue weighted by Crippen LogP contribution is -2.22. The Labute approximate surface area is 156 Å². The van der Waals surface area contributed by atoms with Crippen LogP contribution in [0.25, 0.3) is 0 Å². The molecule has 0 amide bonds. The summed E-state index contributed by atoms with van der Waals surface area (Å²) >= 11 is 0. The van der Waals surface area contributed by atoms with Gasteiger partial charge in [0.25, 0.3) is 0 Å². The molecule has 0 spiro atoms. The molecule has 0 aromatic heterocycles. The number of benzene rings is 2. The molecular weight excluding hydrogens is 326 g/mol. The number of rotatable bonds is 11. The van der Waals surface area contributed by atoms with Crippen molar-refractivity contribution in [2.45, 2.75) is 45.1 Å². The molecule has 0 bridgehead atoms. The highest BCUT2D eigenvalue weighted by atomic mass is 16.5. The molecule has 1 atom stereocenters. The molecule has 0 fully saturated rings. The molecule has 1 unspecified atom stereocenters. The Hall–Kier alpha value is -2.17. The van der Waals surface area contributed by atoms with Crippen LogP contribution in [0.3, 0.4) is 0 Å². The van der Waals surface area contributed by atoms with Crippen molar-refractivity contribution in [1.82, 2.24) is 5.32 Å². The van der Waals surface area contributed by atoms with E-state index in [1.54, 1.807) is 0 Å². The molecule has 0 aliphatic rings. The van der Waals surface area contributed by atoms with Gasteiger partial charge in [-0.3, -0.25) is 4.79 Å². The summed E-state index contributed by atoms with van der Waals surface area (Å²) < 4.78 is 5.24. The fourth-order valence-corrected chi connectivity index (χ4v) is 2.92. The topological polar surface area (TPSA) is 58.6 Å². The molecule has 2 rings (SSSR count). The number of aliphatic hydroxyl groups is 1. The van der Waals surface area contributed by atoms with Crippen LogP contribution in [-0.4, -0.2) is 24.2 Å². The minimum absolute atomic E-state index is 0.277. The highest BCUT2D eigenvalue weighted by Crippen LogP contribution is 2.20. The maximum Gasteiger partial charge on any atom is 0.308 e. The second-order valence-electron chi connectivity index (χ2n) is 6.50. The quantitative estimate of drug-likeness (QED) is 0.363. The number of esters is 1. The Morgan fingerprint density at radius 1 is 1.00 bits per heavy atom. The van der Waals surface area contributed by atoms with Gasteiger partial charge >= 0.3 is 5.97 Å². The van der Waals surface area contributed by atoms with E-state index in [0.717, 1.165) is 49.8 Å². The number of nitrogens with one attached hydrogen (secondary N) is 1. The molecule has 0 saturated heterocycles. The van der Waals surface area contributed by atoms with Crippen molar-refractivity contribution in [2.24, 2.45) is 0 Å². The minimum Gasteiger partial charge on any atom is -0.426 e. The van der Waals surface area contributed by atoms with E-state index < -0.39 is 6.10 Å². The molecule has 140 valence electrons. The van der Waals surface area contributed by atoms with Gasteiger partial charge in [-0.05, 0) is 43.0 Å². The molecule has 4 heteroatoms. The fourth-order valence-electron chi connectivity index (χ4n) is 2.92. The van der Waals surface area contributed by atoms with Crippen LogP contribution < -0.4 is 10.1 Å². The number of para-hydroxylation sites is 1. The van der Waals surface area contributed by atoms with Crippen LogP contribution in [0.1, 0.15) is 49.8 Å². The number of aliphatic hydroxyl groups excluding tert-OH is 1. The zero-order valence-electron chi connectivity index (χ0n) is 15.5. The number of hydrogen-bond donors (Lipinski definition) is 2. The molecule has 0 saturated carbocycles. The Bertz CT molecular complexity index is 657. The van der Waals surface area contributed by atoms with E-state index in [1.807, 2.05) is 54.6 Å². The van der Waals surface area contributed by atoms with Gasteiger partial charge in [0.15, 0.2) is 0 Å². The molecule has 2 N–H and O–H groups in total. The first-order chi connectivity index (χ1) is 12.7. The molecule has 0 radical (unpaired) electrons. The third-order valence-electron chi connectivity index (χ3n) is 4.30. The largest absolute Gasteiger partial charge is 0.426 e. The number of unbranched alkanes of at least 4 members (excludes halogenated alkanes) is 3. The van der Waals surface area contributed by atoms with Crippen LogP contribution in [0.15, 0.2) is 54.6 Å². The van der Waals surface area contributed by atoms with Gasteiger partial charge in [0.1, 0.15) is 5.75 Å². The highest BCUT2D eigenvalue weighted by Gasteiger charge is 2.06. The molecule has 26 heavy (non-hydrogen) atoms. The Balaban J connectivity index is 1.55. The van der Waals surface area contributed by atoms with E-state index in [1.165, 1.54) is 6.92 Å². The Morgan fingerprint density at radius 2 is 1.69 bits per heavy atom. The first-order valence-electron chi connectivity index (χ1n) is 9.37. The van der Waals surface area contributed by atoms with Crippen molar-refractivity contribution in [3.05, 3.63) is 65.7 Å². The number of ether oxygens (including phenoxy) is 1. The van der Waals surface area contributed by atoms with Gasteiger partial charge in [0.2, 0.25) is 0 Å². The third kappa shape index (κ3) is 7.38. The van der Waals surface area contributed by atoms with Crippen LogP contribution in [0.5, 0.6) is 5.75 Å². The molecule has 0 heterocycles. The van der Waals surface area contributed by atoms with Gasteiger partial charge in [-0.1, -0.05) is 61.4 Å². The van der Waals surface area contributed by atoms with Gasteiger partial charge in [-0.2, -0.15) is 0 Å². The lowest BCUT2D eigenvalue weighted by Gasteiger charge is -2.12. The Kier molecular flexibility index (Phi) is 8.87. The zero-order valence-corrected chi connectivity index (χ0v) is 15.5. The van der Waals surface area contributed by atoms with Gasteiger partial charge in [-0.15, -0.1) is 0 Å². The average molecular weight is 355 g/mol. The SMILES string of the molecule is CC(=O)Oc1ccccc1CCCCCCNCC(O)c1ccccc1. The normalized spacial score (nSPS) is 11.9. The second kappa shape index (κ2) is 11.4. The van der Waals surface area contributed by atoms with Crippen LogP contribution >= 0.6 is 0 Å². The fraction of sp³-hybridized carbons (Fsp3) is 0.409. The third-order valence-corrected chi connectivity index (χ3v) is 4.30. The molecule has 4 nitrogen and oxygen atoms in total. The van der Waals surface area contributed by atoms with Gasteiger partial charge in [-0.25, -0.2) is 0 Å². The van der Waals surface area contributed by atoms with Crippen molar-refractivity contribution in [2.75, 3.05) is 13.1 Å². The summed E-state index contributed by atoms with van der Waals surface area (Å²) in [5, 5.41) is 13.4. The van der Waals surface area contributed by atoms with Crippen LogP contribution in [0.4, 0.5) is 0 Å². The molecule has 0 aliphatic heterocycles. The molecule has 2 aromatic carbocycles. The van der Waals surface area contributed by atoms with E-state index in [4.69, 9.17) is 4.74 Å². The van der Waals surface area contributed by atoms with Crippen molar-refractivity contribution in [1.29, 1.82) is 0 Å². The first kappa shape index (κ1) is 20.1. The Morgan fingerprint density at radius 3 is 2.46 bits per heavy atom. The molecular formula is C22H29NO3. The summed E-state index contributed by atoms with van der Waals surface area (Å²) in [6.07, 6.45) is 4.91. The van der Waals surface area contributed by atoms with Crippen molar-refractivity contribution >= 4 is 5.97 Å². The average Bonchev–Trinajstić information content (AvgIpc) is 2.65. The summed E-state index contributed by atoms with van der Waals surface area (Å²) in [5.41, 5.74) is 2.04.